The normalized spacial score (nSPS) is 25.0. The van der Waals surface area contributed by atoms with Crippen molar-refractivity contribution in [2.45, 2.75) is 12.8 Å². The van der Waals surface area contributed by atoms with Crippen molar-refractivity contribution in [1.82, 2.24) is 9.99 Å². The van der Waals surface area contributed by atoms with Gasteiger partial charge in [-0.2, -0.15) is 0 Å². The lowest BCUT2D eigenvalue weighted by atomic mass is 10.3. The molecule has 1 saturated heterocycles. The Morgan fingerprint density at radius 3 is 2.22 bits per heavy atom. The summed E-state index contributed by atoms with van der Waals surface area (Å²) in [4.78, 5) is 0. The van der Waals surface area contributed by atoms with E-state index in [9.17, 15) is 0 Å². The molecule has 1 unspecified atom stereocenters. The molecule has 0 spiro atoms. The number of hydrogen-bond acceptors (Lipinski definition) is 2. The molecule has 3 heteroatoms. The van der Waals surface area contributed by atoms with Crippen LogP contribution < -0.4 is 5.32 Å². The summed E-state index contributed by atoms with van der Waals surface area (Å²) in [6.07, 6.45) is 2.56. The Kier molecular flexibility index (Phi) is 3.49. The highest BCUT2D eigenvalue weighted by molar-refractivity contribution is 7.13. The van der Waals surface area contributed by atoms with Crippen LogP contribution in [-0.4, -0.2) is 30.8 Å². The van der Waals surface area contributed by atoms with Gasteiger partial charge >= 0.3 is 0 Å². The Labute approximate surface area is 59.3 Å². The van der Waals surface area contributed by atoms with Crippen molar-refractivity contribution in [3.8, 4) is 0 Å². The second-order valence-corrected chi connectivity index (χ2v) is 3.22. The average Bonchev–Trinajstić information content (AvgIpc) is 1.79. The molecule has 0 radical (unpaired) electrons. The standard InChI is InChI=1S/C6H15N2P/c9-8-5-1-3-7-4-2-6-8/h7H,1-6,9H2. The molecule has 1 fully saturated rings. The third kappa shape index (κ3) is 3.14. The fourth-order valence-corrected chi connectivity index (χ4v) is 1.42. The first-order valence-electron chi connectivity index (χ1n) is 3.60. The molecule has 0 aromatic carbocycles. The SMILES string of the molecule is PN1CCCNCCC1. The third-order valence-electron chi connectivity index (χ3n) is 1.60. The summed E-state index contributed by atoms with van der Waals surface area (Å²) in [5.74, 6) is 0. The van der Waals surface area contributed by atoms with E-state index in [1.54, 1.807) is 0 Å². The predicted molar refractivity (Wildman–Crippen MR) is 43.4 cm³/mol. The van der Waals surface area contributed by atoms with E-state index >= 15 is 0 Å². The summed E-state index contributed by atoms with van der Waals surface area (Å²) < 4.78 is 2.32. The minimum absolute atomic E-state index is 1.19. The van der Waals surface area contributed by atoms with Crippen molar-refractivity contribution >= 4 is 9.39 Å². The van der Waals surface area contributed by atoms with Crippen molar-refractivity contribution in [3.05, 3.63) is 0 Å². The highest BCUT2D eigenvalue weighted by Gasteiger charge is 2.00. The number of nitrogens with zero attached hydrogens (tertiary/aromatic N) is 1. The summed E-state index contributed by atoms with van der Waals surface area (Å²) in [6.45, 7) is 4.81. The van der Waals surface area contributed by atoms with Crippen molar-refractivity contribution < 1.29 is 0 Å². The van der Waals surface area contributed by atoms with Gasteiger partial charge in [-0.1, -0.05) is 9.39 Å². The van der Waals surface area contributed by atoms with Gasteiger partial charge in [-0.15, -0.1) is 0 Å². The second-order valence-electron chi connectivity index (χ2n) is 2.49. The minimum atomic E-state index is 1.19. The fourth-order valence-electron chi connectivity index (χ4n) is 1.05. The van der Waals surface area contributed by atoms with Gasteiger partial charge in [0.2, 0.25) is 0 Å². The van der Waals surface area contributed by atoms with Crippen LogP contribution >= 0.6 is 9.39 Å². The molecule has 2 nitrogen and oxygen atoms in total. The molecule has 1 N–H and O–H groups in total. The zero-order valence-electron chi connectivity index (χ0n) is 5.77. The number of nitrogens with one attached hydrogen (secondary N) is 1. The molecule has 0 aliphatic carbocycles. The maximum atomic E-state index is 3.37. The van der Waals surface area contributed by atoms with Gasteiger partial charge < -0.3 is 5.32 Å². The molecule has 1 aliphatic heterocycles. The lowest BCUT2D eigenvalue weighted by Gasteiger charge is -2.19. The van der Waals surface area contributed by atoms with E-state index in [4.69, 9.17) is 0 Å². The van der Waals surface area contributed by atoms with Crippen LogP contribution in [0, 0.1) is 0 Å². The number of rotatable bonds is 0. The van der Waals surface area contributed by atoms with Crippen LogP contribution in [0.25, 0.3) is 0 Å². The summed E-state index contributed by atoms with van der Waals surface area (Å²) in [5.41, 5.74) is 0. The maximum Gasteiger partial charge on any atom is 0.00282 e. The van der Waals surface area contributed by atoms with Crippen LogP contribution in [0.5, 0.6) is 0 Å². The second kappa shape index (κ2) is 4.21. The Bertz CT molecular complexity index is 69.5. The molecule has 0 aromatic heterocycles. The van der Waals surface area contributed by atoms with Gasteiger partial charge in [0.25, 0.3) is 0 Å². The molecule has 0 aromatic rings. The van der Waals surface area contributed by atoms with Crippen LogP contribution in [0.2, 0.25) is 0 Å². The predicted octanol–water partition coefficient (Wildman–Crippen LogP) is 0.462. The van der Waals surface area contributed by atoms with E-state index in [1.807, 2.05) is 0 Å². The molecule has 0 bridgehead atoms. The Morgan fingerprint density at radius 2 is 1.67 bits per heavy atom. The molecular weight excluding hydrogens is 131 g/mol. The van der Waals surface area contributed by atoms with Gasteiger partial charge in [-0.25, -0.2) is 0 Å². The molecule has 1 rings (SSSR count). The quantitative estimate of drug-likeness (QED) is 0.499. The third-order valence-corrected chi connectivity index (χ3v) is 2.11. The minimum Gasteiger partial charge on any atom is -0.317 e. The van der Waals surface area contributed by atoms with E-state index < -0.39 is 0 Å². The van der Waals surface area contributed by atoms with Crippen molar-refractivity contribution in [1.29, 1.82) is 0 Å². The Morgan fingerprint density at radius 1 is 1.11 bits per heavy atom. The Balaban J connectivity index is 2.12. The highest BCUT2D eigenvalue weighted by atomic mass is 31.0. The van der Waals surface area contributed by atoms with Crippen molar-refractivity contribution in [3.63, 3.8) is 0 Å². The van der Waals surface area contributed by atoms with Crippen LogP contribution in [0.3, 0.4) is 0 Å². The molecule has 1 atom stereocenters. The maximum absolute atomic E-state index is 3.37. The van der Waals surface area contributed by atoms with E-state index in [0.29, 0.717) is 0 Å². The highest BCUT2D eigenvalue weighted by Crippen LogP contribution is 2.01. The first-order chi connectivity index (χ1) is 4.39. The zero-order chi connectivity index (χ0) is 6.53. The Hall–Kier alpha value is 0.350. The molecular formula is C6H15N2P. The largest absolute Gasteiger partial charge is 0.317 e. The fraction of sp³-hybridized carbons (Fsp3) is 1.00. The monoisotopic (exact) mass is 146 g/mol. The van der Waals surface area contributed by atoms with Crippen LogP contribution in [0.1, 0.15) is 12.8 Å². The summed E-state index contributed by atoms with van der Waals surface area (Å²) >= 11 is 0. The molecule has 54 valence electrons. The van der Waals surface area contributed by atoms with Crippen molar-refractivity contribution in [2.75, 3.05) is 26.2 Å². The first-order valence-corrected chi connectivity index (χ1v) is 4.11. The van der Waals surface area contributed by atoms with E-state index in [1.165, 1.54) is 39.0 Å². The molecule has 9 heavy (non-hydrogen) atoms. The lowest BCUT2D eigenvalue weighted by molar-refractivity contribution is 0.407. The van der Waals surface area contributed by atoms with Gasteiger partial charge in [0.05, 0.1) is 0 Å². The van der Waals surface area contributed by atoms with Gasteiger partial charge in [0.1, 0.15) is 0 Å². The zero-order valence-corrected chi connectivity index (χ0v) is 6.92. The summed E-state index contributed by atoms with van der Waals surface area (Å²) in [5, 5.41) is 3.37. The number of hydrogen-bond donors (Lipinski definition) is 1. The van der Waals surface area contributed by atoms with Crippen LogP contribution in [-0.2, 0) is 0 Å². The van der Waals surface area contributed by atoms with E-state index in [0.717, 1.165) is 0 Å². The topological polar surface area (TPSA) is 15.3 Å². The van der Waals surface area contributed by atoms with Crippen LogP contribution in [0.4, 0.5) is 0 Å². The van der Waals surface area contributed by atoms with Crippen LogP contribution in [0.15, 0.2) is 0 Å². The first kappa shape index (κ1) is 7.46. The smallest absolute Gasteiger partial charge is 0.00282 e. The molecule has 0 saturated carbocycles. The van der Waals surface area contributed by atoms with Gasteiger partial charge in [0.15, 0.2) is 0 Å². The molecule has 0 amide bonds. The van der Waals surface area contributed by atoms with Gasteiger partial charge in [-0.05, 0) is 25.9 Å². The molecule has 1 aliphatic rings. The van der Waals surface area contributed by atoms with Gasteiger partial charge in [-0.3, -0.25) is 4.67 Å². The molecule has 1 heterocycles. The lowest BCUT2D eigenvalue weighted by Crippen LogP contribution is -2.28. The summed E-state index contributed by atoms with van der Waals surface area (Å²) in [7, 11) is 2.77. The van der Waals surface area contributed by atoms with E-state index in [2.05, 4.69) is 19.4 Å². The summed E-state index contributed by atoms with van der Waals surface area (Å²) in [6, 6.07) is 0. The van der Waals surface area contributed by atoms with Crippen molar-refractivity contribution in [2.24, 2.45) is 0 Å². The average molecular weight is 146 g/mol. The van der Waals surface area contributed by atoms with Gasteiger partial charge in [0, 0.05) is 13.1 Å². The van der Waals surface area contributed by atoms with E-state index in [-0.39, 0.29) is 0 Å².